The highest BCUT2D eigenvalue weighted by Crippen LogP contribution is 2.29. The van der Waals surface area contributed by atoms with Gasteiger partial charge in [0, 0.05) is 6.42 Å². The molecule has 0 atom stereocenters. The molecule has 1 aromatic rings. The number of hydrogen-bond acceptors (Lipinski definition) is 3. The van der Waals surface area contributed by atoms with Crippen LogP contribution in [0.1, 0.15) is 50.7 Å². The number of aryl methyl sites for hydroxylation is 1. The van der Waals surface area contributed by atoms with Crippen molar-refractivity contribution in [3.8, 4) is 5.75 Å². The van der Waals surface area contributed by atoms with Crippen LogP contribution >= 0.6 is 0 Å². The van der Waals surface area contributed by atoms with E-state index in [-0.39, 0.29) is 5.97 Å². The molecule has 3 nitrogen and oxygen atoms in total. The molecule has 0 aliphatic heterocycles. The molecule has 18 heavy (non-hydrogen) atoms. The Hall–Kier alpha value is -1.51. The van der Waals surface area contributed by atoms with E-state index in [2.05, 4.69) is 13.8 Å². The molecule has 0 aromatic heterocycles. The number of ether oxygens (including phenoxy) is 1. The Balaban J connectivity index is 2.57. The van der Waals surface area contributed by atoms with E-state index < -0.39 is 0 Å². The Morgan fingerprint density at radius 3 is 2.72 bits per heavy atom. The molecule has 1 rings (SSSR count). The van der Waals surface area contributed by atoms with Gasteiger partial charge in [0.25, 0.3) is 0 Å². The summed E-state index contributed by atoms with van der Waals surface area (Å²) in [7, 11) is 0. The monoisotopic (exact) mass is 250 g/mol. The number of rotatable bonds is 6. The standard InChI is InChI=1S/C15H22O3/c1-4-18-14(16)10-6-8-12-7-5-9-13(11(2)3)15(12)17/h5,7,9,11,17H,4,6,8,10H2,1-3H3. The van der Waals surface area contributed by atoms with E-state index in [1.807, 2.05) is 18.2 Å². The zero-order chi connectivity index (χ0) is 13.5. The molecule has 0 bridgehead atoms. The van der Waals surface area contributed by atoms with E-state index in [0.29, 0.717) is 37.5 Å². The highest BCUT2D eigenvalue weighted by Gasteiger charge is 2.10. The van der Waals surface area contributed by atoms with Crippen molar-refractivity contribution < 1.29 is 14.6 Å². The fraction of sp³-hybridized carbons (Fsp3) is 0.533. The SMILES string of the molecule is CCOC(=O)CCCc1cccc(C(C)C)c1O. The molecule has 3 heteroatoms. The second kappa shape index (κ2) is 7.04. The van der Waals surface area contributed by atoms with Crippen LogP contribution in [0.2, 0.25) is 0 Å². The van der Waals surface area contributed by atoms with Crippen molar-refractivity contribution in [2.75, 3.05) is 6.61 Å². The number of hydrogen-bond donors (Lipinski definition) is 1. The van der Waals surface area contributed by atoms with Crippen LogP contribution in [0.15, 0.2) is 18.2 Å². The number of carbonyl (C=O) groups excluding carboxylic acids is 1. The summed E-state index contributed by atoms with van der Waals surface area (Å²) in [5.74, 6) is 0.503. The summed E-state index contributed by atoms with van der Waals surface area (Å²) in [6.07, 6.45) is 1.80. The van der Waals surface area contributed by atoms with Crippen LogP contribution in [0, 0.1) is 0 Å². The van der Waals surface area contributed by atoms with Gasteiger partial charge < -0.3 is 9.84 Å². The van der Waals surface area contributed by atoms with E-state index in [4.69, 9.17) is 4.74 Å². The number of benzene rings is 1. The minimum Gasteiger partial charge on any atom is -0.507 e. The molecule has 0 spiro atoms. The summed E-state index contributed by atoms with van der Waals surface area (Å²) in [5, 5.41) is 10.1. The lowest BCUT2D eigenvalue weighted by Gasteiger charge is -2.12. The van der Waals surface area contributed by atoms with Crippen molar-refractivity contribution >= 4 is 5.97 Å². The van der Waals surface area contributed by atoms with Crippen LogP contribution in [0.3, 0.4) is 0 Å². The molecule has 0 fully saturated rings. The van der Waals surface area contributed by atoms with Crippen LogP contribution in [0.5, 0.6) is 5.75 Å². The predicted octanol–water partition coefficient (Wildman–Crippen LogP) is 3.40. The Morgan fingerprint density at radius 2 is 2.11 bits per heavy atom. The lowest BCUT2D eigenvalue weighted by molar-refractivity contribution is -0.143. The lowest BCUT2D eigenvalue weighted by Crippen LogP contribution is -2.04. The molecule has 0 unspecified atom stereocenters. The maximum Gasteiger partial charge on any atom is 0.305 e. The van der Waals surface area contributed by atoms with Crippen molar-refractivity contribution in [2.45, 2.75) is 46.0 Å². The van der Waals surface area contributed by atoms with E-state index >= 15 is 0 Å². The summed E-state index contributed by atoms with van der Waals surface area (Å²) in [6.45, 7) is 6.33. The summed E-state index contributed by atoms with van der Waals surface area (Å²) in [4.78, 5) is 11.2. The molecule has 0 radical (unpaired) electrons. The van der Waals surface area contributed by atoms with E-state index in [1.54, 1.807) is 6.92 Å². The molecular formula is C15H22O3. The van der Waals surface area contributed by atoms with E-state index in [0.717, 1.165) is 11.1 Å². The summed E-state index contributed by atoms with van der Waals surface area (Å²) in [5.41, 5.74) is 1.87. The van der Waals surface area contributed by atoms with Crippen molar-refractivity contribution in [3.63, 3.8) is 0 Å². The minimum atomic E-state index is -0.169. The summed E-state index contributed by atoms with van der Waals surface area (Å²) >= 11 is 0. The second-order valence-electron chi connectivity index (χ2n) is 4.67. The summed E-state index contributed by atoms with van der Waals surface area (Å²) < 4.78 is 4.87. The van der Waals surface area contributed by atoms with Crippen molar-refractivity contribution in [3.05, 3.63) is 29.3 Å². The molecule has 0 aliphatic carbocycles. The third kappa shape index (κ3) is 4.06. The third-order valence-electron chi connectivity index (χ3n) is 2.91. The van der Waals surface area contributed by atoms with Crippen LogP contribution in [0.25, 0.3) is 0 Å². The largest absolute Gasteiger partial charge is 0.507 e. The van der Waals surface area contributed by atoms with Crippen molar-refractivity contribution in [1.29, 1.82) is 0 Å². The third-order valence-corrected chi connectivity index (χ3v) is 2.91. The minimum absolute atomic E-state index is 0.169. The topological polar surface area (TPSA) is 46.5 Å². The normalized spacial score (nSPS) is 10.7. The average Bonchev–Trinajstić information content (AvgIpc) is 2.31. The van der Waals surface area contributed by atoms with Gasteiger partial charge >= 0.3 is 5.97 Å². The Labute approximate surface area is 109 Å². The fourth-order valence-electron chi connectivity index (χ4n) is 1.94. The Kier molecular flexibility index (Phi) is 5.69. The van der Waals surface area contributed by atoms with Crippen molar-refractivity contribution in [1.82, 2.24) is 0 Å². The smallest absolute Gasteiger partial charge is 0.305 e. The van der Waals surface area contributed by atoms with Gasteiger partial charge in [0.1, 0.15) is 5.75 Å². The van der Waals surface area contributed by atoms with Crippen LogP contribution in [0.4, 0.5) is 0 Å². The zero-order valence-electron chi connectivity index (χ0n) is 11.4. The quantitative estimate of drug-likeness (QED) is 0.787. The highest BCUT2D eigenvalue weighted by atomic mass is 16.5. The maximum absolute atomic E-state index is 11.2. The van der Waals surface area contributed by atoms with Gasteiger partial charge in [-0.2, -0.15) is 0 Å². The van der Waals surface area contributed by atoms with Gasteiger partial charge in [-0.05, 0) is 36.8 Å². The number of esters is 1. The number of carbonyl (C=O) groups is 1. The Bertz CT molecular complexity index is 397. The van der Waals surface area contributed by atoms with Crippen LogP contribution in [-0.2, 0) is 16.0 Å². The maximum atomic E-state index is 11.2. The Morgan fingerprint density at radius 1 is 1.39 bits per heavy atom. The van der Waals surface area contributed by atoms with Gasteiger partial charge in [-0.3, -0.25) is 4.79 Å². The second-order valence-corrected chi connectivity index (χ2v) is 4.67. The van der Waals surface area contributed by atoms with Gasteiger partial charge in [0.15, 0.2) is 0 Å². The number of aromatic hydroxyl groups is 1. The highest BCUT2D eigenvalue weighted by molar-refractivity contribution is 5.69. The molecule has 0 aliphatic rings. The molecule has 0 saturated heterocycles. The first-order chi connectivity index (χ1) is 8.56. The fourth-order valence-corrected chi connectivity index (χ4v) is 1.94. The van der Waals surface area contributed by atoms with Crippen molar-refractivity contribution in [2.24, 2.45) is 0 Å². The number of phenolic OH excluding ortho intramolecular Hbond substituents is 1. The van der Waals surface area contributed by atoms with Gasteiger partial charge in [-0.25, -0.2) is 0 Å². The molecule has 1 aromatic carbocycles. The first-order valence-corrected chi connectivity index (χ1v) is 6.52. The first kappa shape index (κ1) is 14.6. The molecule has 100 valence electrons. The lowest BCUT2D eigenvalue weighted by atomic mass is 9.97. The number of para-hydroxylation sites is 1. The van der Waals surface area contributed by atoms with Gasteiger partial charge in [0.05, 0.1) is 6.61 Å². The molecule has 0 amide bonds. The molecule has 0 saturated carbocycles. The predicted molar refractivity (Wildman–Crippen MR) is 71.8 cm³/mol. The van der Waals surface area contributed by atoms with Gasteiger partial charge in [-0.15, -0.1) is 0 Å². The molecule has 1 N–H and O–H groups in total. The van der Waals surface area contributed by atoms with Gasteiger partial charge in [0.2, 0.25) is 0 Å². The average molecular weight is 250 g/mol. The van der Waals surface area contributed by atoms with E-state index in [1.165, 1.54) is 0 Å². The molecule has 0 heterocycles. The van der Waals surface area contributed by atoms with E-state index in [9.17, 15) is 9.90 Å². The number of phenols is 1. The van der Waals surface area contributed by atoms with Crippen LogP contribution < -0.4 is 0 Å². The zero-order valence-corrected chi connectivity index (χ0v) is 11.4. The first-order valence-electron chi connectivity index (χ1n) is 6.52. The van der Waals surface area contributed by atoms with Crippen LogP contribution in [-0.4, -0.2) is 17.7 Å². The van der Waals surface area contributed by atoms with Gasteiger partial charge in [-0.1, -0.05) is 32.0 Å². The summed E-state index contributed by atoms with van der Waals surface area (Å²) in [6, 6.07) is 5.80. The molecular weight excluding hydrogens is 228 g/mol.